The van der Waals surface area contributed by atoms with Crippen molar-refractivity contribution in [3.8, 4) is 17.2 Å². The van der Waals surface area contributed by atoms with Gasteiger partial charge in [0.15, 0.2) is 11.5 Å². The second-order valence-electron chi connectivity index (χ2n) is 13.0. The Bertz CT molecular complexity index is 1690. The Morgan fingerprint density at radius 2 is 1.76 bits per heavy atom. The number of fused-ring (bicyclic) bond motifs is 2. The smallest absolute Gasteiger partial charge is 0.261 e. The lowest BCUT2D eigenvalue weighted by molar-refractivity contribution is -0.0177. The fourth-order valence-electron chi connectivity index (χ4n) is 6.00. The molecule has 11 nitrogen and oxygen atoms in total. The number of hydrogen-bond donors (Lipinski definition) is 2. The molecule has 1 amide bonds. The maximum absolute atomic E-state index is 14.4. The molecule has 2 N–H and O–H groups in total. The number of carbonyl (C=O) groups excluding carboxylic acids is 1. The summed E-state index contributed by atoms with van der Waals surface area (Å²) in [6.45, 7) is 7.72. The molecule has 2 aliphatic heterocycles. The molecule has 3 aromatic rings. The van der Waals surface area contributed by atoms with Crippen LogP contribution in [0.25, 0.3) is 0 Å². The fraction of sp³-hybridized carbons (Fsp3) is 0.472. The van der Waals surface area contributed by atoms with Crippen molar-refractivity contribution in [3.05, 3.63) is 77.6 Å². The zero-order chi connectivity index (χ0) is 35.1. The van der Waals surface area contributed by atoms with Crippen molar-refractivity contribution >= 4 is 21.6 Å². The Morgan fingerprint density at radius 3 is 2.51 bits per heavy atom. The Kier molecular flexibility index (Phi) is 12.0. The number of aliphatic hydroxyl groups excluding tert-OH is 1. The number of amides is 1. The average Bonchev–Trinajstić information content (AvgIpc) is 3.54. The van der Waals surface area contributed by atoms with E-state index < -0.39 is 27.8 Å². The lowest BCUT2D eigenvalue weighted by Gasteiger charge is -2.36. The maximum Gasteiger partial charge on any atom is 0.261 e. The van der Waals surface area contributed by atoms with Crippen molar-refractivity contribution in [2.45, 2.75) is 69.7 Å². The molecule has 2 aliphatic rings. The van der Waals surface area contributed by atoms with Crippen molar-refractivity contribution in [2.24, 2.45) is 5.92 Å². The van der Waals surface area contributed by atoms with Crippen LogP contribution in [0.5, 0.6) is 17.2 Å². The third-order valence-electron chi connectivity index (χ3n) is 8.81. The molecule has 0 saturated carbocycles. The summed E-state index contributed by atoms with van der Waals surface area (Å²) in [5.74, 6) is 0.671. The minimum absolute atomic E-state index is 0.121. The van der Waals surface area contributed by atoms with Crippen molar-refractivity contribution < 1.29 is 41.7 Å². The lowest BCUT2D eigenvalue weighted by Crippen LogP contribution is -2.47. The van der Waals surface area contributed by atoms with Gasteiger partial charge in [-0.1, -0.05) is 13.0 Å². The number of halogens is 1. The molecule has 0 aliphatic carbocycles. The molecule has 3 aromatic carbocycles. The van der Waals surface area contributed by atoms with Crippen LogP contribution >= 0.6 is 0 Å². The summed E-state index contributed by atoms with van der Waals surface area (Å²) < 4.78 is 65.9. The third-order valence-corrected chi connectivity index (χ3v) is 10.2. The van der Waals surface area contributed by atoms with E-state index in [1.807, 2.05) is 39.1 Å². The van der Waals surface area contributed by atoms with Gasteiger partial charge in [0.2, 0.25) is 6.79 Å². The van der Waals surface area contributed by atoms with Crippen molar-refractivity contribution in [2.75, 3.05) is 44.9 Å². The van der Waals surface area contributed by atoms with E-state index in [4.69, 9.17) is 18.9 Å². The summed E-state index contributed by atoms with van der Waals surface area (Å²) >= 11 is 0. The van der Waals surface area contributed by atoms with Gasteiger partial charge in [-0.2, -0.15) is 0 Å². The quantitative estimate of drug-likeness (QED) is 0.307. The van der Waals surface area contributed by atoms with Crippen LogP contribution < -0.4 is 18.9 Å². The zero-order valence-electron chi connectivity index (χ0n) is 28.4. The molecule has 5 rings (SSSR count). The van der Waals surface area contributed by atoms with Crippen LogP contribution in [0, 0.1) is 11.7 Å². The molecule has 0 fully saturated rings. The van der Waals surface area contributed by atoms with E-state index in [0.717, 1.165) is 48.5 Å². The number of sulfonamides is 1. The Hall–Kier alpha value is -3.91. The van der Waals surface area contributed by atoms with Crippen molar-refractivity contribution in [1.82, 2.24) is 9.80 Å². The molecule has 0 radical (unpaired) electrons. The second kappa shape index (κ2) is 16.2. The molecule has 266 valence electrons. The third kappa shape index (κ3) is 9.41. The van der Waals surface area contributed by atoms with Gasteiger partial charge >= 0.3 is 0 Å². The van der Waals surface area contributed by atoms with E-state index in [1.165, 1.54) is 24.3 Å². The van der Waals surface area contributed by atoms with Gasteiger partial charge in [0.05, 0.1) is 35.3 Å². The SMILES string of the molecule is C[C@@H]1CCCCO[C@H](CN(C)Cc2ccc3c(c2)OCO3)[C@@H](C)CN([C@H](C)CO)C(=O)c2cc(NS(=O)(=O)c3ccc(F)cc3)ccc2O1. The molecular weight excluding hydrogens is 653 g/mol. The minimum Gasteiger partial charge on any atom is -0.490 e. The zero-order valence-corrected chi connectivity index (χ0v) is 29.2. The molecule has 0 spiro atoms. The monoisotopic (exact) mass is 699 g/mol. The van der Waals surface area contributed by atoms with Crippen LogP contribution in [-0.2, 0) is 21.3 Å². The highest BCUT2D eigenvalue weighted by Gasteiger charge is 2.31. The lowest BCUT2D eigenvalue weighted by atomic mass is 10.0. The number of hydrogen-bond acceptors (Lipinski definition) is 9. The van der Waals surface area contributed by atoms with Crippen LogP contribution in [0.4, 0.5) is 10.1 Å². The van der Waals surface area contributed by atoms with Gasteiger partial charge in [0.25, 0.3) is 15.9 Å². The van der Waals surface area contributed by atoms with Crippen LogP contribution in [0.3, 0.4) is 0 Å². The van der Waals surface area contributed by atoms with Crippen molar-refractivity contribution in [1.29, 1.82) is 0 Å². The van der Waals surface area contributed by atoms with Crippen LogP contribution in [0.1, 0.15) is 56.0 Å². The van der Waals surface area contributed by atoms with Gasteiger partial charge in [0, 0.05) is 37.8 Å². The molecule has 0 saturated heterocycles. The van der Waals surface area contributed by atoms with Gasteiger partial charge in [0.1, 0.15) is 11.6 Å². The number of nitrogens with one attached hydrogen (secondary N) is 1. The number of anilines is 1. The number of carbonyl (C=O) groups is 1. The molecule has 0 aromatic heterocycles. The van der Waals surface area contributed by atoms with E-state index in [9.17, 15) is 22.7 Å². The first kappa shape index (κ1) is 36.4. The molecular formula is C36H46FN3O8S. The highest BCUT2D eigenvalue weighted by atomic mass is 32.2. The molecule has 49 heavy (non-hydrogen) atoms. The summed E-state index contributed by atoms with van der Waals surface area (Å²) in [4.78, 5) is 18.0. The highest BCUT2D eigenvalue weighted by Crippen LogP contribution is 2.33. The van der Waals surface area contributed by atoms with Gasteiger partial charge in [-0.3, -0.25) is 14.4 Å². The molecule has 2 heterocycles. The second-order valence-corrected chi connectivity index (χ2v) is 14.6. The van der Waals surface area contributed by atoms with Gasteiger partial charge in [-0.05, 0) is 100 Å². The van der Waals surface area contributed by atoms with E-state index >= 15 is 0 Å². The fourth-order valence-corrected chi connectivity index (χ4v) is 7.05. The normalized spacial score (nSPS) is 21.1. The van der Waals surface area contributed by atoms with Crippen LogP contribution in [0.15, 0.2) is 65.6 Å². The van der Waals surface area contributed by atoms with Gasteiger partial charge < -0.3 is 29.0 Å². The first-order valence-electron chi connectivity index (χ1n) is 16.6. The van der Waals surface area contributed by atoms with Gasteiger partial charge in [-0.15, -0.1) is 0 Å². The van der Waals surface area contributed by atoms with E-state index in [-0.39, 0.29) is 54.2 Å². The first-order valence-corrected chi connectivity index (χ1v) is 18.1. The molecule has 0 bridgehead atoms. The summed E-state index contributed by atoms with van der Waals surface area (Å²) in [5, 5.41) is 10.2. The minimum atomic E-state index is -4.08. The summed E-state index contributed by atoms with van der Waals surface area (Å²) in [7, 11) is -2.06. The van der Waals surface area contributed by atoms with E-state index in [2.05, 4.69) is 9.62 Å². The van der Waals surface area contributed by atoms with E-state index in [0.29, 0.717) is 25.4 Å². The van der Waals surface area contributed by atoms with E-state index in [1.54, 1.807) is 17.9 Å². The Morgan fingerprint density at radius 1 is 1.02 bits per heavy atom. The van der Waals surface area contributed by atoms with Crippen LogP contribution in [-0.4, -0.2) is 87.6 Å². The predicted octanol–water partition coefficient (Wildman–Crippen LogP) is 5.28. The largest absolute Gasteiger partial charge is 0.490 e. The van der Waals surface area contributed by atoms with Crippen molar-refractivity contribution in [3.63, 3.8) is 0 Å². The Balaban J connectivity index is 1.40. The number of nitrogens with zero attached hydrogens (tertiary/aromatic N) is 2. The topological polar surface area (TPSA) is 127 Å². The molecule has 13 heteroatoms. The number of benzene rings is 3. The highest BCUT2D eigenvalue weighted by molar-refractivity contribution is 7.92. The number of likely N-dealkylation sites (N-methyl/N-ethyl adjacent to an activating group) is 1. The first-order chi connectivity index (χ1) is 23.4. The average molecular weight is 700 g/mol. The molecule has 4 atom stereocenters. The summed E-state index contributed by atoms with van der Waals surface area (Å²) in [6, 6.07) is 14.4. The Labute approximate surface area is 288 Å². The summed E-state index contributed by atoms with van der Waals surface area (Å²) in [5.41, 5.74) is 1.38. The van der Waals surface area contributed by atoms with Gasteiger partial charge in [-0.25, -0.2) is 12.8 Å². The van der Waals surface area contributed by atoms with Crippen LogP contribution in [0.2, 0.25) is 0 Å². The number of rotatable bonds is 9. The number of ether oxygens (including phenoxy) is 4. The molecule has 0 unspecified atom stereocenters. The standard InChI is InChI=1S/C36H46FN3O8S/c1-24-19-40(25(2)22-41)36(42)31-18-29(38-49(43,44)30-12-9-28(37)10-13-30)11-15-32(31)48-26(3)7-5-6-16-45-35(24)21-39(4)20-27-8-14-33-34(17-27)47-23-46-33/h8-15,17-18,24-26,35,38,41H,5-7,16,19-23H2,1-4H3/t24-,25+,26+,35+/m0/s1. The maximum atomic E-state index is 14.4. The predicted molar refractivity (Wildman–Crippen MR) is 183 cm³/mol. The number of aliphatic hydroxyl groups is 1. The summed E-state index contributed by atoms with van der Waals surface area (Å²) in [6.07, 6.45) is 1.93.